The summed E-state index contributed by atoms with van der Waals surface area (Å²) in [6.07, 6.45) is 0.869. The van der Waals surface area contributed by atoms with E-state index in [0.29, 0.717) is 18.5 Å². The number of rotatable bonds is 7. The summed E-state index contributed by atoms with van der Waals surface area (Å²) < 4.78 is 31.2. The van der Waals surface area contributed by atoms with Gasteiger partial charge < -0.3 is 15.4 Å². The molecule has 0 aliphatic heterocycles. The van der Waals surface area contributed by atoms with Gasteiger partial charge in [-0.3, -0.25) is 0 Å². The molecule has 0 saturated heterocycles. The second-order valence-electron chi connectivity index (χ2n) is 6.99. The number of esters is 1. The Bertz CT molecular complexity index is 990. The van der Waals surface area contributed by atoms with E-state index >= 15 is 0 Å². The minimum Gasteiger partial charge on any atom is -0.465 e. The summed E-state index contributed by atoms with van der Waals surface area (Å²) in [6.45, 7) is 0. The number of para-hydroxylation sites is 1. The molecule has 0 bridgehead atoms. The summed E-state index contributed by atoms with van der Waals surface area (Å²) in [6, 6.07) is 17.7. The molecule has 0 radical (unpaired) electrons. The molecule has 0 aromatic heterocycles. The van der Waals surface area contributed by atoms with E-state index in [9.17, 15) is 18.4 Å². The number of amides is 2. The van der Waals surface area contributed by atoms with E-state index in [1.165, 1.54) is 31.4 Å². The minimum atomic E-state index is -0.565. The molecule has 0 atom stereocenters. The lowest BCUT2D eigenvalue weighted by Gasteiger charge is -2.20. The smallest absolute Gasteiger partial charge is 0.339 e. The third kappa shape index (κ3) is 6.37. The van der Waals surface area contributed by atoms with Gasteiger partial charge in [0, 0.05) is 6.04 Å². The van der Waals surface area contributed by atoms with Crippen LogP contribution in [0.3, 0.4) is 0 Å². The van der Waals surface area contributed by atoms with Crippen molar-refractivity contribution < 1.29 is 23.1 Å². The first-order valence-electron chi connectivity index (χ1n) is 9.68. The Kier molecular flexibility index (Phi) is 7.32. The monoisotopic (exact) mass is 424 g/mol. The third-order valence-corrected chi connectivity index (χ3v) is 4.71. The summed E-state index contributed by atoms with van der Waals surface area (Å²) in [4.78, 5) is 24.6. The van der Waals surface area contributed by atoms with Crippen LogP contribution in [0.15, 0.2) is 72.8 Å². The molecule has 160 valence electrons. The molecular weight excluding hydrogens is 402 g/mol. The van der Waals surface area contributed by atoms with Gasteiger partial charge >= 0.3 is 12.0 Å². The van der Waals surface area contributed by atoms with Gasteiger partial charge in [-0.2, -0.15) is 0 Å². The number of hydrogen-bond donors (Lipinski definition) is 2. The van der Waals surface area contributed by atoms with Gasteiger partial charge in [-0.05, 0) is 60.4 Å². The molecule has 31 heavy (non-hydrogen) atoms. The van der Waals surface area contributed by atoms with Gasteiger partial charge in [0.2, 0.25) is 0 Å². The van der Waals surface area contributed by atoms with Gasteiger partial charge in [0.25, 0.3) is 0 Å². The van der Waals surface area contributed by atoms with Crippen LogP contribution in [-0.4, -0.2) is 25.2 Å². The normalized spacial score (nSPS) is 10.6. The highest BCUT2D eigenvalue weighted by molar-refractivity contribution is 6.00. The highest BCUT2D eigenvalue weighted by atomic mass is 19.1. The van der Waals surface area contributed by atoms with Crippen LogP contribution in [0, 0.1) is 11.6 Å². The first-order valence-corrected chi connectivity index (χ1v) is 9.68. The molecule has 2 N–H and O–H groups in total. The van der Waals surface area contributed by atoms with Gasteiger partial charge in [-0.15, -0.1) is 0 Å². The van der Waals surface area contributed by atoms with Crippen molar-refractivity contribution in [1.82, 2.24) is 5.32 Å². The van der Waals surface area contributed by atoms with Gasteiger partial charge in [0.05, 0.1) is 18.4 Å². The summed E-state index contributed by atoms with van der Waals surface area (Å²) in [5, 5.41) is 5.56. The zero-order valence-corrected chi connectivity index (χ0v) is 16.9. The Morgan fingerprint density at radius 3 is 1.87 bits per heavy atom. The Morgan fingerprint density at radius 1 is 0.839 bits per heavy atom. The number of ether oxygens (including phenoxy) is 1. The van der Waals surface area contributed by atoms with Crippen LogP contribution in [0.4, 0.5) is 19.3 Å². The predicted molar refractivity (Wildman–Crippen MR) is 114 cm³/mol. The van der Waals surface area contributed by atoms with Gasteiger partial charge in [0.15, 0.2) is 0 Å². The first kappa shape index (κ1) is 22.0. The average molecular weight is 424 g/mol. The standard InChI is InChI=1S/C24H22F2N2O3/c1-31-23(29)21-4-2-3-5-22(21)28-24(30)27-20(14-16-6-10-18(25)11-7-16)15-17-8-12-19(26)13-9-17/h2-13,20H,14-15H2,1H3,(H2,27,28,30). The van der Waals surface area contributed by atoms with E-state index in [2.05, 4.69) is 10.6 Å². The van der Waals surface area contributed by atoms with Crippen molar-refractivity contribution in [2.24, 2.45) is 0 Å². The van der Waals surface area contributed by atoms with Gasteiger partial charge in [-0.25, -0.2) is 18.4 Å². The van der Waals surface area contributed by atoms with E-state index in [1.807, 2.05) is 0 Å². The minimum absolute atomic E-state index is 0.230. The van der Waals surface area contributed by atoms with Crippen LogP contribution in [-0.2, 0) is 17.6 Å². The van der Waals surface area contributed by atoms with Crippen molar-refractivity contribution >= 4 is 17.7 Å². The van der Waals surface area contributed by atoms with Crippen LogP contribution in [0.25, 0.3) is 0 Å². The Morgan fingerprint density at radius 2 is 1.35 bits per heavy atom. The molecule has 0 aliphatic rings. The number of anilines is 1. The molecule has 0 aliphatic carbocycles. The number of nitrogens with one attached hydrogen (secondary N) is 2. The number of halogens is 2. The molecule has 5 nitrogen and oxygen atoms in total. The van der Waals surface area contributed by atoms with Crippen molar-refractivity contribution in [2.75, 3.05) is 12.4 Å². The van der Waals surface area contributed by atoms with Crippen LogP contribution >= 0.6 is 0 Å². The molecule has 0 heterocycles. The zero-order valence-electron chi connectivity index (χ0n) is 16.9. The SMILES string of the molecule is COC(=O)c1ccccc1NC(=O)NC(Cc1ccc(F)cc1)Cc1ccc(F)cc1. The molecule has 7 heteroatoms. The molecule has 3 aromatic carbocycles. The number of benzene rings is 3. The van der Waals surface area contributed by atoms with E-state index < -0.39 is 12.0 Å². The molecule has 0 fully saturated rings. The molecule has 3 aromatic rings. The lowest BCUT2D eigenvalue weighted by molar-refractivity contribution is 0.0602. The van der Waals surface area contributed by atoms with Crippen LogP contribution in [0.1, 0.15) is 21.5 Å². The fourth-order valence-electron chi connectivity index (χ4n) is 3.21. The zero-order chi connectivity index (χ0) is 22.2. The summed E-state index contributed by atoms with van der Waals surface area (Å²) >= 11 is 0. The number of hydrogen-bond acceptors (Lipinski definition) is 3. The summed E-state index contributed by atoms with van der Waals surface area (Å²) in [5.41, 5.74) is 2.22. The van der Waals surface area contributed by atoms with Gasteiger partial charge in [-0.1, -0.05) is 36.4 Å². The highest BCUT2D eigenvalue weighted by Gasteiger charge is 2.17. The van der Waals surface area contributed by atoms with Crippen molar-refractivity contribution in [3.63, 3.8) is 0 Å². The second-order valence-corrected chi connectivity index (χ2v) is 6.99. The van der Waals surface area contributed by atoms with E-state index in [-0.39, 0.29) is 23.2 Å². The average Bonchev–Trinajstić information content (AvgIpc) is 2.76. The Balaban J connectivity index is 1.75. The van der Waals surface area contributed by atoms with Crippen molar-refractivity contribution in [2.45, 2.75) is 18.9 Å². The molecule has 2 amide bonds. The first-order chi connectivity index (χ1) is 14.9. The summed E-state index contributed by atoms with van der Waals surface area (Å²) in [5.74, 6) is -1.25. The number of urea groups is 1. The molecule has 3 rings (SSSR count). The lowest BCUT2D eigenvalue weighted by atomic mass is 9.99. The largest absolute Gasteiger partial charge is 0.465 e. The molecule has 0 saturated carbocycles. The lowest BCUT2D eigenvalue weighted by Crippen LogP contribution is -2.41. The fourth-order valence-corrected chi connectivity index (χ4v) is 3.21. The van der Waals surface area contributed by atoms with E-state index in [4.69, 9.17) is 4.74 Å². The van der Waals surface area contributed by atoms with Crippen LogP contribution in [0.5, 0.6) is 0 Å². The molecule has 0 unspecified atom stereocenters. The Labute approximate surface area is 179 Å². The summed E-state index contributed by atoms with van der Waals surface area (Å²) in [7, 11) is 1.26. The maximum absolute atomic E-state index is 13.2. The topological polar surface area (TPSA) is 67.4 Å². The van der Waals surface area contributed by atoms with Crippen molar-refractivity contribution in [3.8, 4) is 0 Å². The number of carbonyl (C=O) groups excluding carboxylic acids is 2. The van der Waals surface area contributed by atoms with Gasteiger partial charge in [0.1, 0.15) is 11.6 Å². The van der Waals surface area contributed by atoms with Crippen molar-refractivity contribution in [1.29, 1.82) is 0 Å². The Hall–Kier alpha value is -3.74. The second kappa shape index (κ2) is 10.3. The number of carbonyl (C=O) groups is 2. The van der Waals surface area contributed by atoms with Crippen LogP contribution < -0.4 is 10.6 Å². The predicted octanol–water partition coefficient (Wildman–Crippen LogP) is 4.73. The van der Waals surface area contributed by atoms with Crippen LogP contribution in [0.2, 0.25) is 0 Å². The maximum Gasteiger partial charge on any atom is 0.339 e. The van der Waals surface area contributed by atoms with E-state index in [0.717, 1.165) is 11.1 Å². The molecule has 0 spiro atoms. The quantitative estimate of drug-likeness (QED) is 0.539. The van der Waals surface area contributed by atoms with Crippen molar-refractivity contribution in [3.05, 3.63) is 101 Å². The third-order valence-electron chi connectivity index (χ3n) is 4.71. The highest BCUT2D eigenvalue weighted by Crippen LogP contribution is 2.17. The number of methoxy groups -OCH3 is 1. The van der Waals surface area contributed by atoms with E-state index in [1.54, 1.807) is 48.5 Å². The maximum atomic E-state index is 13.2. The fraction of sp³-hybridized carbons (Fsp3) is 0.167. The molecular formula is C24H22F2N2O3.